The summed E-state index contributed by atoms with van der Waals surface area (Å²) in [5.41, 5.74) is 0.447. The van der Waals surface area contributed by atoms with Crippen LogP contribution in [-0.2, 0) is 14.8 Å². The summed E-state index contributed by atoms with van der Waals surface area (Å²) in [6.07, 6.45) is 10.1. The van der Waals surface area contributed by atoms with Crippen molar-refractivity contribution in [3.63, 3.8) is 0 Å². The number of carbonyl (C=O) groups excluding carboxylic acids is 1. The molecular formula is C36H64N2O5S. The van der Waals surface area contributed by atoms with Crippen molar-refractivity contribution >= 4 is 15.8 Å². The topological polar surface area (TPSA) is 98.1 Å². The van der Waals surface area contributed by atoms with Crippen LogP contribution >= 0.6 is 0 Å². The second kappa shape index (κ2) is 12.8. The Bertz CT molecular complexity index is 1130. The van der Waals surface area contributed by atoms with E-state index in [1.54, 1.807) is 0 Å². The number of nitrogens with zero attached hydrogens (tertiary/aromatic N) is 2. The monoisotopic (exact) mass is 636 g/mol. The number of aliphatic hydroxyl groups excluding tert-OH is 2. The zero-order valence-corrected chi connectivity index (χ0v) is 29.7. The number of fused-ring (bicyclic) bond motifs is 5. The van der Waals surface area contributed by atoms with Crippen LogP contribution in [0.5, 0.6) is 0 Å². The van der Waals surface area contributed by atoms with Crippen LogP contribution in [0.4, 0.5) is 0 Å². The molecular weight excluding hydrogens is 572 g/mol. The van der Waals surface area contributed by atoms with Crippen LogP contribution in [0.1, 0.15) is 119 Å². The lowest BCUT2D eigenvalue weighted by molar-refractivity contribution is -0.203. The Hall–Kier alpha value is -0.540. The molecule has 0 aromatic carbocycles. The molecule has 1 aliphatic heterocycles. The number of hydrogen-bond acceptors (Lipinski definition) is 6. The van der Waals surface area contributed by atoms with Gasteiger partial charge in [-0.1, -0.05) is 40.5 Å². The molecule has 4 saturated carbocycles. The molecule has 5 aliphatic rings. The van der Waals surface area contributed by atoms with Gasteiger partial charge in [0, 0.05) is 38.1 Å². The van der Waals surface area contributed by atoms with Gasteiger partial charge in [0.25, 0.3) is 0 Å². The van der Waals surface area contributed by atoms with E-state index in [1.807, 2.05) is 0 Å². The van der Waals surface area contributed by atoms with Crippen molar-refractivity contribution in [3.05, 3.63) is 0 Å². The highest BCUT2D eigenvalue weighted by atomic mass is 32.2. The minimum Gasteiger partial charge on any atom is -0.393 e. The van der Waals surface area contributed by atoms with E-state index in [0.29, 0.717) is 68.1 Å². The number of carbonyl (C=O) groups is 1. The third kappa shape index (κ3) is 6.34. The van der Waals surface area contributed by atoms with Gasteiger partial charge in [-0.25, -0.2) is 8.42 Å². The Morgan fingerprint density at radius 2 is 1.57 bits per heavy atom. The lowest BCUT2D eigenvalue weighted by Crippen LogP contribution is -2.62. The van der Waals surface area contributed by atoms with E-state index in [4.69, 9.17) is 0 Å². The minimum atomic E-state index is -3.56. The van der Waals surface area contributed by atoms with Crippen LogP contribution in [0, 0.1) is 52.3 Å². The Kier molecular flexibility index (Phi) is 10.1. The third-order valence-electron chi connectivity index (χ3n) is 14.2. The predicted octanol–water partition coefficient (Wildman–Crippen LogP) is 5.73. The van der Waals surface area contributed by atoms with E-state index in [9.17, 15) is 23.4 Å². The van der Waals surface area contributed by atoms with E-state index < -0.39 is 10.0 Å². The van der Waals surface area contributed by atoms with Crippen LogP contribution in [0.25, 0.3) is 0 Å². The summed E-state index contributed by atoms with van der Waals surface area (Å²) >= 11 is 0. The fourth-order valence-corrected chi connectivity index (χ4v) is 13.2. The summed E-state index contributed by atoms with van der Waals surface area (Å²) in [4.78, 5) is 15.2. The van der Waals surface area contributed by atoms with E-state index >= 15 is 0 Å². The fourth-order valence-electron chi connectivity index (χ4n) is 11.8. The standard InChI is InChI=1S/C36H64N2O5S/c1-8-27-31-22-25(39)14-16-36(31,7)30-15-17-35(6)28(12-13-29(35)32(30)33(27)41)24(2)10-9-11-26(40)23-44(42,43)38-20-18-37(19-21-38)34(3,4)5/h24-25,27-33,39,41H,8-23H2,1-7H3/t24-,25-,27-,28-,29+,30+,31+,32+,33-,35-,36-/m1/s1. The van der Waals surface area contributed by atoms with Crippen molar-refractivity contribution in [2.45, 2.75) is 137 Å². The summed E-state index contributed by atoms with van der Waals surface area (Å²) in [6.45, 7) is 18.4. The summed E-state index contributed by atoms with van der Waals surface area (Å²) < 4.78 is 27.6. The van der Waals surface area contributed by atoms with Crippen LogP contribution in [0.3, 0.4) is 0 Å². The molecule has 0 spiro atoms. The van der Waals surface area contributed by atoms with Gasteiger partial charge in [-0.15, -0.1) is 0 Å². The first-order chi connectivity index (χ1) is 20.5. The number of piperazine rings is 1. The summed E-state index contributed by atoms with van der Waals surface area (Å²) in [6, 6.07) is 0. The highest BCUT2D eigenvalue weighted by Gasteiger charge is 2.64. The highest BCUT2D eigenvalue weighted by molar-refractivity contribution is 7.89. The second-order valence-electron chi connectivity index (χ2n) is 17.3. The third-order valence-corrected chi connectivity index (χ3v) is 16.0. The van der Waals surface area contributed by atoms with Crippen molar-refractivity contribution in [2.75, 3.05) is 31.9 Å². The van der Waals surface area contributed by atoms with Gasteiger partial charge in [-0.05, 0) is 124 Å². The molecule has 44 heavy (non-hydrogen) atoms. The van der Waals surface area contributed by atoms with Crippen molar-refractivity contribution < 1.29 is 23.4 Å². The minimum absolute atomic E-state index is 0.0212. The van der Waals surface area contributed by atoms with E-state index in [2.05, 4.69) is 53.4 Å². The summed E-state index contributed by atoms with van der Waals surface area (Å²) in [5, 5.41) is 22.5. The Morgan fingerprint density at radius 3 is 2.20 bits per heavy atom. The van der Waals surface area contributed by atoms with E-state index in [0.717, 1.165) is 38.5 Å². The molecule has 254 valence electrons. The molecule has 0 amide bonds. The summed E-state index contributed by atoms with van der Waals surface area (Å²) in [7, 11) is -3.56. The molecule has 0 bridgehead atoms. The maximum absolute atomic E-state index is 13.0. The van der Waals surface area contributed by atoms with Crippen LogP contribution in [-0.4, -0.2) is 83.3 Å². The molecule has 5 rings (SSSR count). The Balaban J connectivity index is 1.16. The molecule has 0 radical (unpaired) electrons. The van der Waals surface area contributed by atoms with Gasteiger partial charge in [0.2, 0.25) is 10.0 Å². The van der Waals surface area contributed by atoms with Gasteiger partial charge in [-0.2, -0.15) is 4.31 Å². The molecule has 1 saturated heterocycles. The zero-order chi connectivity index (χ0) is 32.2. The van der Waals surface area contributed by atoms with Crippen molar-refractivity contribution in [3.8, 4) is 0 Å². The number of aliphatic hydroxyl groups is 2. The molecule has 5 fully saturated rings. The average molecular weight is 637 g/mol. The number of hydrogen-bond donors (Lipinski definition) is 2. The molecule has 2 N–H and O–H groups in total. The number of sulfonamides is 1. The zero-order valence-electron chi connectivity index (χ0n) is 28.9. The maximum atomic E-state index is 13.0. The smallest absolute Gasteiger partial charge is 0.221 e. The SMILES string of the molecule is CC[C@H]1[C@@H](O)[C@@H]2[C@H](CC[C@]3(C)[C@@H]([C@H](C)CCCC(=O)CS(=O)(=O)N4CCN(C(C)(C)C)CC4)CC[C@@H]23)[C@@]2(C)CC[C@@H](O)C[C@@H]12. The first kappa shape index (κ1) is 34.8. The molecule has 7 nitrogen and oxygen atoms in total. The molecule has 0 unspecified atom stereocenters. The molecule has 8 heteroatoms. The van der Waals surface area contributed by atoms with Gasteiger partial charge < -0.3 is 10.2 Å². The average Bonchev–Trinajstić information content (AvgIpc) is 3.30. The lowest BCUT2D eigenvalue weighted by atomic mass is 9.41. The molecule has 0 aromatic rings. The normalized spacial score (nSPS) is 42.8. The maximum Gasteiger partial charge on any atom is 0.221 e. The molecule has 0 aromatic heterocycles. The highest BCUT2D eigenvalue weighted by Crippen LogP contribution is 2.69. The van der Waals surface area contributed by atoms with Gasteiger partial charge in [-0.3, -0.25) is 9.69 Å². The first-order valence-electron chi connectivity index (χ1n) is 18.1. The Labute approximate surface area is 269 Å². The van der Waals surface area contributed by atoms with Crippen molar-refractivity contribution in [2.24, 2.45) is 52.3 Å². The second-order valence-corrected chi connectivity index (χ2v) is 19.3. The number of rotatable bonds is 9. The Morgan fingerprint density at radius 1 is 0.932 bits per heavy atom. The summed E-state index contributed by atoms with van der Waals surface area (Å²) in [5.74, 6) is 2.67. The molecule has 1 heterocycles. The number of ketones is 1. The number of Topliss-reactive ketones (excluding diaryl/α,β-unsaturated/α-hetero) is 1. The quantitative estimate of drug-likeness (QED) is 0.335. The molecule has 11 atom stereocenters. The van der Waals surface area contributed by atoms with Gasteiger partial charge >= 0.3 is 0 Å². The lowest BCUT2D eigenvalue weighted by Gasteiger charge is -2.64. The predicted molar refractivity (Wildman–Crippen MR) is 176 cm³/mol. The van der Waals surface area contributed by atoms with Crippen LogP contribution < -0.4 is 0 Å². The van der Waals surface area contributed by atoms with Gasteiger partial charge in [0.05, 0.1) is 12.2 Å². The van der Waals surface area contributed by atoms with Gasteiger partial charge in [0.15, 0.2) is 0 Å². The fraction of sp³-hybridized carbons (Fsp3) is 0.972. The van der Waals surface area contributed by atoms with Crippen molar-refractivity contribution in [1.29, 1.82) is 0 Å². The van der Waals surface area contributed by atoms with E-state index in [1.165, 1.54) is 30.0 Å². The van der Waals surface area contributed by atoms with Gasteiger partial charge in [0.1, 0.15) is 11.5 Å². The van der Waals surface area contributed by atoms with E-state index in [-0.39, 0.29) is 46.0 Å². The van der Waals surface area contributed by atoms with Crippen LogP contribution in [0.2, 0.25) is 0 Å². The largest absolute Gasteiger partial charge is 0.393 e. The van der Waals surface area contributed by atoms with Crippen LogP contribution in [0.15, 0.2) is 0 Å². The first-order valence-corrected chi connectivity index (χ1v) is 19.7. The van der Waals surface area contributed by atoms with Crippen molar-refractivity contribution in [1.82, 2.24) is 9.21 Å². The molecule has 4 aliphatic carbocycles.